The normalized spacial score (nSPS) is 31.7. The van der Waals surface area contributed by atoms with Crippen molar-refractivity contribution in [1.82, 2.24) is 5.32 Å². The quantitative estimate of drug-likeness (QED) is 0.587. The Labute approximate surface area is 65.5 Å². The topological polar surface area (TPSA) is 58.6 Å². The summed E-state index contributed by atoms with van der Waals surface area (Å²) in [6.45, 7) is 2.91. The Morgan fingerprint density at radius 3 is 3.00 bits per heavy atom. The van der Waals surface area contributed by atoms with Crippen LogP contribution in [0.3, 0.4) is 0 Å². The number of nitrogens with one attached hydrogen (secondary N) is 1. The molecule has 1 aliphatic rings. The molecule has 0 aromatic carbocycles. The van der Waals surface area contributed by atoms with Gasteiger partial charge in [0.15, 0.2) is 0 Å². The molecule has 64 valence electrons. The van der Waals surface area contributed by atoms with Gasteiger partial charge in [0.1, 0.15) is 6.04 Å². The molecular weight excluding hydrogens is 146 g/mol. The van der Waals surface area contributed by atoms with Gasteiger partial charge >= 0.3 is 5.97 Å². The summed E-state index contributed by atoms with van der Waals surface area (Å²) in [5.74, 6) is -0.830. The first-order valence-corrected chi connectivity index (χ1v) is 3.80. The number of hydrogen-bond acceptors (Lipinski definition) is 3. The van der Waals surface area contributed by atoms with Gasteiger partial charge in [-0.1, -0.05) is 6.92 Å². The summed E-state index contributed by atoms with van der Waals surface area (Å²) in [6.07, 6.45) is 0.907. The summed E-state index contributed by atoms with van der Waals surface area (Å²) in [4.78, 5) is 10.5. The standard InChI is InChI=1S/C7H13NO3/c1-2-5-3-11-4-6(8-5)7(9)10/h5-6,8H,2-4H2,1H3,(H,9,10)/t5-,6-/m0/s1. The number of carbonyl (C=O) groups is 1. The van der Waals surface area contributed by atoms with E-state index in [1.165, 1.54) is 0 Å². The summed E-state index contributed by atoms with van der Waals surface area (Å²) < 4.78 is 5.10. The molecule has 0 unspecified atom stereocenters. The van der Waals surface area contributed by atoms with E-state index >= 15 is 0 Å². The molecule has 1 rings (SSSR count). The Morgan fingerprint density at radius 2 is 2.45 bits per heavy atom. The van der Waals surface area contributed by atoms with Crippen molar-refractivity contribution < 1.29 is 14.6 Å². The van der Waals surface area contributed by atoms with Crippen LogP contribution in [0.1, 0.15) is 13.3 Å². The van der Waals surface area contributed by atoms with Crippen LogP contribution in [-0.2, 0) is 9.53 Å². The summed E-state index contributed by atoms with van der Waals surface area (Å²) in [5, 5.41) is 11.6. The Morgan fingerprint density at radius 1 is 1.73 bits per heavy atom. The zero-order chi connectivity index (χ0) is 8.27. The maximum atomic E-state index is 10.5. The predicted octanol–water partition coefficient (Wildman–Crippen LogP) is -0.162. The zero-order valence-corrected chi connectivity index (χ0v) is 6.54. The number of ether oxygens (including phenoxy) is 1. The number of rotatable bonds is 2. The van der Waals surface area contributed by atoms with Gasteiger partial charge in [0.25, 0.3) is 0 Å². The highest BCUT2D eigenvalue weighted by Gasteiger charge is 2.25. The van der Waals surface area contributed by atoms with E-state index in [1.807, 2.05) is 6.92 Å². The molecule has 0 saturated carbocycles. The fourth-order valence-corrected chi connectivity index (χ4v) is 1.09. The maximum Gasteiger partial charge on any atom is 0.323 e. The van der Waals surface area contributed by atoms with Gasteiger partial charge in [0.05, 0.1) is 13.2 Å². The van der Waals surface area contributed by atoms with E-state index in [4.69, 9.17) is 9.84 Å². The molecular formula is C7H13NO3. The van der Waals surface area contributed by atoms with Crippen LogP contribution in [0.4, 0.5) is 0 Å². The maximum absolute atomic E-state index is 10.5. The Bertz CT molecular complexity index is 149. The van der Waals surface area contributed by atoms with Crippen molar-refractivity contribution in [3.63, 3.8) is 0 Å². The molecule has 2 atom stereocenters. The highest BCUT2D eigenvalue weighted by molar-refractivity contribution is 5.73. The van der Waals surface area contributed by atoms with Gasteiger partial charge in [-0.05, 0) is 6.42 Å². The van der Waals surface area contributed by atoms with E-state index in [9.17, 15) is 4.79 Å². The van der Waals surface area contributed by atoms with Crippen LogP contribution < -0.4 is 5.32 Å². The van der Waals surface area contributed by atoms with Crippen molar-refractivity contribution in [2.75, 3.05) is 13.2 Å². The zero-order valence-electron chi connectivity index (χ0n) is 6.54. The van der Waals surface area contributed by atoms with Crippen molar-refractivity contribution >= 4 is 5.97 Å². The van der Waals surface area contributed by atoms with Gasteiger partial charge in [-0.15, -0.1) is 0 Å². The number of aliphatic carboxylic acids is 1. The van der Waals surface area contributed by atoms with Gasteiger partial charge in [0, 0.05) is 6.04 Å². The molecule has 4 nitrogen and oxygen atoms in total. The fraction of sp³-hybridized carbons (Fsp3) is 0.857. The Kier molecular flexibility index (Phi) is 2.84. The molecule has 0 aromatic rings. The third kappa shape index (κ3) is 2.17. The molecule has 1 aliphatic heterocycles. The summed E-state index contributed by atoms with van der Waals surface area (Å²) in [5.41, 5.74) is 0. The lowest BCUT2D eigenvalue weighted by Crippen LogP contribution is -2.52. The van der Waals surface area contributed by atoms with Crippen LogP contribution in [0.25, 0.3) is 0 Å². The van der Waals surface area contributed by atoms with E-state index < -0.39 is 12.0 Å². The minimum absolute atomic E-state index is 0.199. The molecule has 0 radical (unpaired) electrons. The van der Waals surface area contributed by atoms with E-state index in [0.717, 1.165) is 6.42 Å². The monoisotopic (exact) mass is 159 g/mol. The largest absolute Gasteiger partial charge is 0.480 e. The first-order valence-electron chi connectivity index (χ1n) is 3.80. The third-order valence-electron chi connectivity index (χ3n) is 1.83. The van der Waals surface area contributed by atoms with Gasteiger partial charge < -0.3 is 9.84 Å². The Balaban J connectivity index is 2.39. The minimum Gasteiger partial charge on any atom is -0.480 e. The molecule has 1 fully saturated rings. The molecule has 0 bridgehead atoms. The van der Waals surface area contributed by atoms with Gasteiger partial charge in [-0.3, -0.25) is 10.1 Å². The van der Waals surface area contributed by atoms with Gasteiger partial charge in [0.2, 0.25) is 0 Å². The van der Waals surface area contributed by atoms with Crippen LogP contribution in [0.15, 0.2) is 0 Å². The van der Waals surface area contributed by atoms with Gasteiger partial charge in [-0.25, -0.2) is 0 Å². The van der Waals surface area contributed by atoms with Crippen molar-refractivity contribution in [3.05, 3.63) is 0 Å². The van der Waals surface area contributed by atoms with Crippen molar-refractivity contribution in [1.29, 1.82) is 0 Å². The molecule has 2 N–H and O–H groups in total. The second-order valence-electron chi connectivity index (χ2n) is 2.70. The highest BCUT2D eigenvalue weighted by atomic mass is 16.5. The van der Waals surface area contributed by atoms with E-state index in [1.54, 1.807) is 0 Å². The molecule has 0 aromatic heterocycles. The molecule has 0 spiro atoms. The summed E-state index contributed by atoms with van der Waals surface area (Å²) in [7, 11) is 0. The first-order chi connectivity index (χ1) is 5.24. The van der Waals surface area contributed by atoms with Crippen molar-refractivity contribution in [2.45, 2.75) is 25.4 Å². The third-order valence-corrected chi connectivity index (χ3v) is 1.83. The molecule has 4 heteroatoms. The van der Waals surface area contributed by atoms with Crippen LogP contribution >= 0.6 is 0 Å². The van der Waals surface area contributed by atoms with E-state index in [0.29, 0.717) is 6.61 Å². The fourth-order valence-electron chi connectivity index (χ4n) is 1.09. The number of morpholine rings is 1. The highest BCUT2D eigenvalue weighted by Crippen LogP contribution is 2.02. The average Bonchev–Trinajstić information content (AvgIpc) is 2.05. The predicted molar refractivity (Wildman–Crippen MR) is 39.5 cm³/mol. The lowest BCUT2D eigenvalue weighted by atomic mass is 10.1. The van der Waals surface area contributed by atoms with Crippen molar-refractivity contribution in [2.24, 2.45) is 0 Å². The average molecular weight is 159 g/mol. The number of carboxylic acid groups (broad SMARTS) is 1. The van der Waals surface area contributed by atoms with Crippen LogP contribution in [-0.4, -0.2) is 36.4 Å². The number of carboxylic acids is 1. The van der Waals surface area contributed by atoms with Crippen LogP contribution in [0.5, 0.6) is 0 Å². The van der Waals surface area contributed by atoms with Crippen molar-refractivity contribution in [3.8, 4) is 0 Å². The SMILES string of the molecule is CC[C@H]1COC[C@@H](C(=O)O)N1. The lowest BCUT2D eigenvalue weighted by molar-refractivity contribution is -0.143. The van der Waals surface area contributed by atoms with Crippen LogP contribution in [0.2, 0.25) is 0 Å². The second-order valence-corrected chi connectivity index (χ2v) is 2.70. The molecule has 0 amide bonds. The molecule has 11 heavy (non-hydrogen) atoms. The minimum atomic E-state index is -0.830. The van der Waals surface area contributed by atoms with E-state index in [-0.39, 0.29) is 12.6 Å². The smallest absolute Gasteiger partial charge is 0.323 e. The molecule has 1 heterocycles. The van der Waals surface area contributed by atoms with Gasteiger partial charge in [-0.2, -0.15) is 0 Å². The lowest BCUT2D eigenvalue weighted by Gasteiger charge is -2.27. The summed E-state index contributed by atoms with van der Waals surface area (Å²) >= 11 is 0. The van der Waals surface area contributed by atoms with E-state index in [2.05, 4.69) is 5.32 Å². The second kappa shape index (κ2) is 3.69. The molecule has 0 aliphatic carbocycles. The first kappa shape index (κ1) is 8.49. The van der Waals surface area contributed by atoms with Crippen LogP contribution in [0, 0.1) is 0 Å². The molecule has 1 saturated heterocycles. The Hall–Kier alpha value is -0.610. The number of hydrogen-bond donors (Lipinski definition) is 2. The summed E-state index contributed by atoms with van der Waals surface area (Å²) in [6, 6.07) is -0.321.